The molecule has 0 bridgehead atoms. The minimum absolute atomic E-state index is 0.117. The second kappa shape index (κ2) is 36.1. The Bertz CT molecular complexity index is 1030. The van der Waals surface area contributed by atoms with Crippen LogP contribution in [-0.2, 0) is 32.9 Å². The van der Waals surface area contributed by atoms with Crippen molar-refractivity contribution in [3.63, 3.8) is 0 Å². The number of rotatable bonds is 36. The molecule has 0 aromatic heterocycles. The van der Waals surface area contributed by atoms with E-state index in [0.717, 1.165) is 64.2 Å². The number of hydrogen-bond acceptors (Lipinski definition) is 7. The van der Waals surface area contributed by atoms with Gasteiger partial charge in [0.05, 0.1) is 6.61 Å². The van der Waals surface area contributed by atoms with Crippen LogP contribution in [0.5, 0.6) is 0 Å². The van der Waals surface area contributed by atoms with Gasteiger partial charge >= 0.3 is 19.8 Å². The molecule has 1 atom stereocenters. The van der Waals surface area contributed by atoms with Gasteiger partial charge in [0.15, 0.2) is 11.9 Å². The van der Waals surface area contributed by atoms with Crippen LogP contribution in [0.1, 0.15) is 174 Å². The highest BCUT2D eigenvalue weighted by Crippen LogP contribution is 2.36. The number of carbonyl (C=O) groups is 3. The Morgan fingerprint density at radius 2 is 1.06 bits per heavy atom. The van der Waals surface area contributed by atoms with Crippen molar-refractivity contribution < 1.29 is 42.7 Å². The van der Waals surface area contributed by atoms with E-state index in [4.69, 9.17) is 19.3 Å². The van der Waals surface area contributed by atoms with Crippen LogP contribution in [0, 0.1) is 0 Å². The van der Waals surface area contributed by atoms with Crippen LogP contribution in [0.2, 0.25) is 0 Å². The molecule has 0 aliphatic heterocycles. The quantitative estimate of drug-likeness (QED) is 0.0161. The molecule has 0 aliphatic carbocycles. The molecule has 294 valence electrons. The molecule has 0 aliphatic rings. The molecule has 0 spiro atoms. The summed E-state index contributed by atoms with van der Waals surface area (Å²) in [5.74, 6) is -0.871. The van der Waals surface area contributed by atoms with Crippen molar-refractivity contribution in [3.05, 3.63) is 48.6 Å². The van der Waals surface area contributed by atoms with Crippen molar-refractivity contribution in [2.45, 2.75) is 180 Å². The molecule has 0 radical (unpaired) electrons. The zero-order valence-corrected chi connectivity index (χ0v) is 32.9. The van der Waals surface area contributed by atoms with Gasteiger partial charge in [-0.05, 0) is 70.3 Å². The van der Waals surface area contributed by atoms with Crippen molar-refractivity contribution in [2.24, 2.45) is 0 Å². The van der Waals surface area contributed by atoms with Crippen molar-refractivity contribution in [1.29, 1.82) is 0 Å². The van der Waals surface area contributed by atoms with Gasteiger partial charge < -0.3 is 19.3 Å². The lowest BCUT2D eigenvalue weighted by atomic mass is 10.1. The molecule has 0 saturated heterocycles. The average molecular weight is 739 g/mol. The van der Waals surface area contributed by atoms with Crippen LogP contribution in [-0.4, -0.2) is 46.8 Å². The summed E-state index contributed by atoms with van der Waals surface area (Å²) in [5.41, 5.74) is 0. The first-order valence-corrected chi connectivity index (χ1v) is 21.4. The molecule has 0 unspecified atom stereocenters. The normalized spacial score (nSPS) is 12.9. The summed E-state index contributed by atoms with van der Waals surface area (Å²) < 4.78 is 26.3. The molecule has 0 amide bonds. The highest BCUT2D eigenvalue weighted by atomic mass is 31.2. The zero-order chi connectivity index (χ0) is 37.7. The number of hydrogen-bond donors (Lipinski definition) is 2. The molecule has 2 N–H and O–H groups in total. The van der Waals surface area contributed by atoms with E-state index in [0.29, 0.717) is 19.3 Å². The van der Waals surface area contributed by atoms with Crippen molar-refractivity contribution >= 4 is 25.5 Å². The molecule has 0 heterocycles. The molecule has 0 aromatic rings. The summed E-state index contributed by atoms with van der Waals surface area (Å²) in [6.07, 6.45) is 39.3. The van der Waals surface area contributed by atoms with E-state index in [1.165, 1.54) is 64.2 Å². The number of unbranched alkanes of at least 4 members (excludes halogenated alkanes) is 17. The standard InChI is InChI=1S/C41H71O9P/c1-3-5-7-9-11-12-13-14-15-16-17-18-19-20-22-26-31-35-41(44)50-39(37-49-51(45,46)47)36-48-40(43)34-30-27-23-25-29-33-38(42)32-28-24-21-10-8-6-4-2/h11-12,14-15,21,24,28,32,39H,3-10,13,16-20,22-23,25-27,29-31,33-37H2,1-2H3,(H2,45,46,47)/b12-11-,15-14-,24-21-,32-28+/t39-/m1/s1. The monoisotopic (exact) mass is 738 g/mol. The molecule has 9 nitrogen and oxygen atoms in total. The minimum Gasteiger partial charge on any atom is -0.462 e. The maximum atomic E-state index is 12.4. The van der Waals surface area contributed by atoms with Gasteiger partial charge in [-0.2, -0.15) is 0 Å². The Morgan fingerprint density at radius 1 is 0.569 bits per heavy atom. The second-order valence-corrected chi connectivity index (χ2v) is 14.5. The van der Waals surface area contributed by atoms with Crippen LogP contribution in [0.25, 0.3) is 0 Å². The number of phosphoric ester groups is 1. The number of esters is 2. The van der Waals surface area contributed by atoms with E-state index >= 15 is 0 Å². The fourth-order valence-electron chi connectivity index (χ4n) is 5.27. The highest BCUT2D eigenvalue weighted by molar-refractivity contribution is 7.46. The fraction of sp³-hybridized carbons (Fsp3) is 0.732. The predicted molar refractivity (Wildman–Crippen MR) is 207 cm³/mol. The average Bonchev–Trinajstić information content (AvgIpc) is 3.09. The highest BCUT2D eigenvalue weighted by Gasteiger charge is 2.22. The van der Waals surface area contributed by atoms with E-state index < -0.39 is 32.5 Å². The van der Waals surface area contributed by atoms with Gasteiger partial charge in [-0.25, -0.2) is 4.57 Å². The number of ketones is 1. The van der Waals surface area contributed by atoms with Gasteiger partial charge in [0.2, 0.25) is 0 Å². The minimum atomic E-state index is -4.78. The van der Waals surface area contributed by atoms with Gasteiger partial charge in [0.1, 0.15) is 6.61 Å². The van der Waals surface area contributed by atoms with Gasteiger partial charge in [-0.1, -0.05) is 133 Å². The third kappa shape index (κ3) is 38.7. The molecular weight excluding hydrogens is 667 g/mol. The SMILES string of the molecule is CCCCC/C=C\C=C\C(=O)CCCCCCCC(=O)OC[C@H](COP(=O)(O)O)OC(=O)CCCCCCCCC/C=C\C/C=C\CCCCC. The predicted octanol–water partition coefficient (Wildman–Crippen LogP) is 11.1. The van der Waals surface area contributed by atoms with Gasteiger partial charge in [-0.3, -0.25) is 18.9 Å². The Labute approximate surface area is 310 Å². The Balaban J connectivity index is 4.05. The summed E-state index contributed by atoms with van der Waals surface area (Å²) in [6, 6.07) is 0. The Kier molecular flexibility index (Phi) is 34.4. The molecule has 0 fully saturated rings. The Morgan fingerprint density at radius 3 is 1.63 bits per heavy atom. The first-order valence-electron chi connectivity index (χ1n) is 19.9. The first kappa shape index (κ1) is 48.7. The topological polar surface area (TPSA) is 136 Å². The summed E-state index contributed by atoms with van der Waals surface area (Å²) >= 11 is 0. The third-order valence-electron chi connectivity index (χ3n) is 8.30. The van der Waals surface area contributed by atoms with Gasteiger partial charge in [-0.15, -0.1) is 0 Å². The second-order valence-electron chi connectivity index (χ2n) is 13.3. The van der Waals surface area contributed by atoms with Gasteiger partial charge in [0, 0.05) is 19.3 Å². The summed E-state index contributed by atoms with van der Waals surface area (Å²) in [4.78, 5) is 54.7. The third-order valence-corrected chi connectivity index (χ3v) is 8.78. The van der Waals surface area contributed by atoms with Crippen LogP contribution in [0.3, 0.4) is 0 Å². The van der Waals surface area contributed by atoms with E-state index in [1.54, 1.807) is 6.08 Å². The molecular formula is C41H71O9P. The van der Waals surface area contributed by atoms with Crippen molar-refractivity contribution in [2.75, 3.05) is 13.2 Å². The van der Waals surface area contributed by atoms with E-state index in [-0.39, 0.29) is 25.2 Å². The number of carbonyl (C=O) groups excluding carboxylic acids is 3. The lowest BCUT2D eigenvalue weighted by Crippen LogP contribution is -2.29. The number of ether oxygens (including phenoxy) is 2. The van der Waals surface area contributed by atoms with Crippen LogP contribution in [0.4, 0.5) is 0 Å². The van der Waals surface area contributed by atoms with Gasteiger partial charge in [0.25, 0.3) is 0 Å². The molecule has 51 heavy (non-hydrogen) atoms. The maximum absolute atomic E-state index is 12.4. The lowest BCUT2D eigenvalue weighted by Gasteiger charge is -2.18. The maximum Gasteiger partial charge on any atom is 0.469 e. The van der Waals surface area contributed by atoms with E-state index in [9.17, 15) is 18.9 Å². The fourth-order valence-corrected chi connectivity index (χ4v) is 5.63. The zero-order valence-electron chi connectivity index (χ0n) is 32.0. The van der Waals surface area contributed by atoms with E-state index in [1.807, 2.05) is 12.2 Å². The lowest BCUT2D eigenvalue weighted by molar-refractivity contribution is -0.161. The van der Waals surface area contributed by atoms with Crippen molar-refractivity contribution in [1.82, 2.24) is 0 Å². The summed E-state index contributed by atoms with van der Waals surface area (Å²) in [5, 5.41) is 0. The van der Waals surface area contributed by atoms with Crippen LogP contribution < -0.4 is 0 Å². The van der Waals surface area contributed by atoms with Crippen LogP contribution >= 0.6 is 7.82 Å². The van der Waals surface area contributed by atoms with E-state index in [2.05, 4.69) is 48.8 Å². The first-order chi connectivity index (χ1) is 24.7. The summed E-state index contributed by atoms with van der Waals surface area (Å²) in [7, 11) is -4.78. The molecule has 0 aromatic carbocycles. The van der Waals surface area contributed by atoms with Crippen LogP contribution in [0.15, 0.2) is 48.6 Å². The summed E-state index contributed by atoms with van der Waals surface area (Å²) in [6.45, 7) is 3.49. The number of phosphoric acid groups is 1. The molecule has 10 heteroatoms. The smallest absolute Gasteiger partial charge is 0.462 e. The number of allylic oxidation sites excluding steroid dienone is 8. The largest absolute Gasteiger partial charge is 0.469 e. The molecule has 0 saturated carbocycles. The van der Waals surface area contributed by atoms with Crippen molar-refractivity contribution in [3.8, 4) is 0 Å². The Hall–Kier alpha value is -2.32. The molecule has 0 rings (SSSR count).